The molecule has 2 aromatic rings. The first kappa shape index (κ1) is 25.4. The number of sulfone groups is 1. The van der Waals surface area contributed by atoms with E-state index >= 15 is 0 Å². The Bertz CT molecular complexity index is 1180. The second-order valence-electron chi connectivity index (χ2n) is 9.55. The Morgan fingerprint density at radius 2 is 1.80 bits per heavy atom. The fourth-order valence-corrected chi connectivity index (χ4v) is 6.62. The largest absolute Gasteiger partial charge is 0.401 e. The highest BCUT2D eigenvalue weighted by Gasteiger charge is 2.50. The number of benzene rings is 1. The molecule has 4 rings (SSSR count). The Kier molecular flexibility index (Phi) is 7.62. The second-order valence-corrected chi connectivity index (χ2v) is 11.8. The van der Waals surface area contributed by atoms with E-state index in [1.54, 1.807) is 17.0 Å². The highest BCUT2D eigenvalue weighted by atomic mass is 32.2. The van der Waals surface area contributed by atoms with Crippen molar-refractivity contribution < 1.29 is 17.9 Å². The molecule has 8 heteroatoms. The van der Waals surface area contributed by atoms with Crippen LogP contribution in [0.3, 0.4) is 0 Å². The first-order valence-corrected chi connectivity index (χ1v) is 13.9. The van der Waals surface area contributed by atoms with Gasteiger partial charge in [0.1, 0.15) is 4.75 Å². The minimum atomic E-state index is -3.73. The van der Waals surface area contributed by atoms with E-state index in [0.717, 1.165) is 48.9 Å². The van der Waals surface area contributed by atoms with E-state index in [1.165, 1.54) is 6.20 Å². The number of pyridine rings is 1. The maximum atomic E-state index is 13.8. The van der Waals surface area contributed by atoms with E-state index in [1.807, 2.05) is 31.3 Å². The number of rotatable bonds is 9. The summed E-state index contributed by atoms with van der Waals surface area (Å²) in [4.78, 5) is 18.8. The number of carbonyl (C=O) groups excluding carboxylic acids is 1. The van der Waals surface area contributed by atoms with E-state index < -0.39 is 14.6 Å². The molecular weight excluding hydrogens is 462 g/mol. The van der Waals surface area contributed by atoms with Gasteiger partial charge in [0.2, 0.25) is 5.91 Å². The summed E-state index contributed by atoms with van der Waals surface area (Å²) in [5, 5.41) is 0. The lowest BCUT2D eigenvalue weighted by molar-refractivity contribution is -0.129. The van der Waals surface area contributed by atoms with Crippen LogP contribution in [0.1, 0.15) is 51.0 Å². The van der Waals surface area contributed by atoms with E-state index in [4.69, 9.17) is 10.5 Å². The van der Waals surface area contributed by atoms with Crippen LogP contribution in [0.25, 0.3) is 11.3 Å². The Labute approximate surface area is 208 Å². The van der Waals surface area contributed by atoms with Gasteiger partial charge in [-0.2, -0.15) is 0 Å². The normalized spacial score (nSPS) is 17.1. The molecule has 1 amide bonds. The van der Waals surface area contributed by atoms with Crippen LogP contribution in [0.15, 0.2) is 58.8 Å². The molecule has 0 unspecified atom stereocenters. The number of aromatic nitrogens is 1. The number of likely N-dealkylation sites (N-methyl/N-ethyl adjacent to an activating group) is 1. The molecule has 1 saturated carbocycles. The van der Waals surface area contributed by atoms with Gasteiger partial charge in [-0.15, -0.1) is 0 Å². The average Bonchev–Trinajstić information content (AvgIpc) is 3.73. The number of carbonyl (C=O) groups is 1. The van der Waals surface area contributed by atoms with Gasteiger partial charge in [0.05, 0.1) is 17.0 Å². The fourth-order valence-electron chi connectivity index (χ4n) is 4.60. The van der Waals surface area contributed by atoms with E-state index in [-0.39, 0.29) is 10.8 Å². The molecule has 2 heterocycles. The molecule has 1 aromatic carbocycles. The van der Waals surface area contributed by atoms with Crippen molar-refractivity contribution in [2.45, 2.75) is 61.5 Å². The van der Waals surface area contributed by atoms with Crippen molar-refractivity contribution in [1.82, 2.24) is 9.88 Å². The zero-order valence-corrected chi connectivity index (χ0v) is 21.4. The fraction of sp³-hybridized carbons (Fsp3) is 0.481. The molecule has 1 aromatic heterocycles. The monoisotopic (exact) mass is 497 g/mol. The molecule has 2 aliphatic rings. The zero-order valence-electron chi connectivity index (χ0n) is 20.6. The van der Waals surface area contributed by atoms with Gasteiger partial charge in [0, 0.05) is 44.3 Å². The maximum absolute atomic E-state index is 13.8. The number of allylic oxidation sites excluding steroid dienone is 1. The van der Waals surface area contributed by atoms with Crippen LogP contribution >= 0.6 is 0 Å². The van der Waals surface area contributed by atoms with Crippen LogP contribution in [0.5, 0.6) is 0 Å². The summed E-state index contributed by atoms with van der Waals surface area (Å²) in [5.41, 5.74) is 10.5. The molecule has 7 nitrogen and oxygen atoms in total. The molecule has 188 valence electrons. The van der Waals surface area contributed by atoms with Gasteiger partial charge in [-0.05, 0) is 55.4 Å². The van der Waals surface area contributed by atoms with E-state index in [0.29, 0.717) is 43.9 Å². The quantitative estimate of drug-likeness (QED) is 0.564. The van der Waals surface area contributed by atoms with Crippen molar-refractivity contribution in [3.05, 3.63) is 59.4 Å². The molecule has 0 spiro atoms. The smallest absolute Gasteiger partial charge is 0.226 e. The third kappa shape index (κ3) is 5.28. The number of unbranched alkanes of at least 4 members (excludes halogenated alkanes) is 1. The molecule has 35 heavy (non-hydrogen) atoms. The van der Waals surface area contributed by atoms with Gasteiger partial charge in [0.25, 0.3) is 0 Å². The van der Waals surface area contributed by atoms with Gasteiger partial charge in [0.15, 0.2) is 9.84 Å². The topological polar surface area (TPSA) is 103 Å². The molecular formula is C27H35N3O4S. The lowest BCUT2D eigenvalue weighted by Crippen LogP contribution is -2.48. The number of hydrogen-bond donors (Lipinski definition) is 1. The lowest BCUT2D eigenvalue weighted by Gasteiger charge is -2.37. The summed E-state index contributed by atoms with van der Waals surface area (Å²) in [6.07, 6.45) is 6.31. The molecule has 0 bridgehead atoms. The zero-order chi connectivity index (χ0) is 25.1. The Morgan fingerprint density at radius 1 is 1.11 bits per heavy atom. The van der Waals surface area contributed by atoms with Gasteiger partial charge < -0.3 is 15.4 Å². The standard InChI is InChI=1S/C27H35N3O4S/c1-3-4-15-30(2)25(31)18-20-5-7-21(8-6-20)24-12-11-23(19-29-24)35(32,33)27(13-16-34-17-14-27)26(28)22-9-10-22/h5-8,11-12,19H,3-4,9-10,13-18,28H2,1-2H3. The summed E-state index contributed by atoms with van der Waals surface area (Å²) < 4.78 is 31.9. The third-order valence-electron chi connectivity index (χ3n) is 7.11. The summed E-state index contributed by atoms with van der Waals surface area (Å²) in [6, 6.07) is 11.0. The summed E-state index contributed by atoms with van der Waals surface area (Å²) in [7, 11) is -1.89. The van der Waals surface area contributed by atoms with Crippen LogP contribution in [0.2, 0.25) is 0 Å². The van der Waals surface area contributed by atoms with E-state index in [9.17, 15) is 13.2 Å². The molecule has 1 aliphatic heterocycles. The van der Waals surface area contributed by atoms with Crippen molar-refractivity contribution in [2.24, 2.45) is 5.73 Å². The van der Waals surface area contributed by atoms with Crippen LogP contribution in [0.4, 0.5) is 0 Å². The lowest BCUT2D eigenvalue weighted by atomic mass is 9.94. The summed E-state index contributed by atoms with van der Waals surface area (Å²) in [6.45, 7) is 3.63. The summed E-state index contributed by atoms with van der Waals surface area (Å²) >= 11 is 0. The van der Waals surface area contributed by atoms with E-state index in [2.05, 4.69) is 11.9 Å². The van der Waals surface area contributed by atoms with Gasteiger partial charge >= 0.3 is 0 Å². The maximum Gasteiger partial charge on any atom is 0.226 e. The second kappa shape index (κ2) is 10.5. The Hall–Kier alpha value is -2.71. The van der Waals surface area contributed by atoms with Crippen molar-refractivity contribution in [1.29, 1.82) is 0 Å². The first-order chi connectivity index (χ1) is 16.8. The minimum absolute atomic E-state index is 0.0985. The SMILES string of the molecule is CCCCN(C)C(=O)Cc1ccc(-c2ccc(S(=O)(=O)C3(C(N)=C4CC4)CCOCC3)cn2)cc1. The number of hydrogen-bond acceptors (Lipinski definition) is 6. The molecule has 1 aliphatic carbocycles. The predicted octanol–water partition coefficient (Wildman–Crippen LogP) is 3.88. The van der Waals surface area contributed by atoms with Crippen LogP contribution in [-0.4, -0.2) is 55.8 Å². The molecule has 2 fully saturated rings. The van der Waals surface area contributed by atoms with Crippen molar-refractivity contribution in [2.75, 3.05) is 26.8 Å². The first-order valence-electron chi connectivity index (χ1n) is 12.4. The molecule has 1 saturated heterocycles. The van der Waals surface area contributed by atoms with Crippen LogP contribution in [0, 0.1) is 0 Å². The molecule has 0 atom stereocenters. The average molecular weight is 498 g/mol. The van der Waals surface area contributed by atoms with Crippen LogP contribution in [-0.2, 0) is 25.8 Å². The third-order valence-corrected chi connectivity index (χ3v) is 9.63. The van der Waals surface area contributed by atoms with Crippen molar-refractivity contribution in [3.63, 3.8) is 0 Å². The van der Waals surface area contributed by atoms with Crippen molar-refractivity contribution in [3.8, 4) is 11.3 Å². The van der Waals surface area contributed by atoms with Crippen molar-refractivity contribution >= 4 is 15.7 Å². The highest BCUT2D eigenvalue weighted by molar-refractivity contribution is 7.93. The molecule has 0 radical (unpaired) electrons. The van der Waals surface area contributed by atoms with Gasteiger partial charge in [-0.25, -0.2) is 8.42 Å². The summed E-state index contributed by atoms with van der Waals surface area (Å²) in [5.74, 6) is 0.0985. The van der Waals surface area contributed by atoms with Crippen LogP contribution < -0.4 is 5.73 Å². The molecule has 2 N–H and O–H groups in total. The van der Waals surface area contributed by atoms with Gasteiger partial charge in [-0.1, -0.05) is 37.6 Å². The predicted molar refractivity (Wildman–Crippen MR) is 136 cm³/mol. The van der Waals surface area contributed by atoms with Gasteiger partial charge in [-0.3, -0.25) is 9.78 Å². The number of nitrogens with zero attached hydrogens (tertiary/aromatic N) is 2. The number of ether oxygens (including phenoxy) is 1. The Balaban J connectivity index is 1.51. The number of amides is 1. The minimum Gasteiger partial charge on any atom is -0.401 e. The Morgan fingerprint density at radius 3 is 2.37 bits per heavy atom. The number of nitrogens with two attached hydrogens (primary N) is 1. The highest BCUT2D eigenvalue weighted by Crippen LogP contribution is 2.44.